The number of aryl methyl sites for hydroxylation is 9. The average Bonchev–Trinajstić information content (AvgIpc) is 3.01. The molecule has 0 amide bonds. The summed E-state index contributed by atoms with van der Waals surface area (Å²) >= 11 is 0. The summed E-state index contributed by atoms with van der Waals surface area (Å²) in [7, 11) is 5.76. The number of hydrogen-bond acceptors (Lipinski definition) is 5. The number of hydrogen-bond donors (Lipinski definition) is 0. The summed E-state index contributed by atoms with van der Waals surface area (Å²) in [5.74, 6) is 4.67. The predicted octanol–water partition coefficient (Wildman–Crippen LogP) is 2.54. The van der Waals surface area contributed by atoms with E-state index in [1.807, 2.05) is 73.4 Å². The van der Waals surface area contributed by atoms with Crippen molar-refractivity contribution in [3.63, 3.8) is 0 Å². The van der Waals surface area contributed by atoms with Gasteiger partial charge >= 0.3 is 0 Å². The Hall–Kier alpha value is -2.51. The molecule has 0 radical (unpaired) electrons. The summed E-state index contributed by atoms with van der Waals surface area (Å²) in [6.45, 7) is 11.6. The van der Waals surface area contributed by atoms with E-state index in [0.29, 0.717) is 0 Å². The Kier molecular flexibility index (Phi) is 8.73. The molecule has 0 spiro atoms. The zero-order valence-electron chi connectivity index (χ0n) is 16.2. The van der Waals surface area contributed by atoms with Crippen LogP contribution >= 0.6 is 0 Å². The van der Waals surface area contributed by atoms with E-state index < -0.39 is 0 Å². The van der Waals surface area contributed by atoms with Crippen molar-refractivity contribution in [3.05, 3.63) is 41.0 Å². The quantitative estimate of drug-likeness (QED) is 0.624. The van der Waals surface area contributed by atoms with Crippen molar-refractivity contribution in [1.82, 2.24) is 39.1 Å². The standard InChI is InChI=1S/C6H10N2.2C5H9N3.CH4/c1-5-4-8(3)6(2)7-5;2*1-4-6-5(2)8(3)7-4;/h4H,1-3H3;2*1-3H3;1H4. The summed E-state index contributed by atoms with van der Waals surface area (Å²) in [4.78, 5) is 12.3. The normalized spacial score (nSPS) is 9.48. The van der Waals surface area contributed by atoms with E-state index in [1.54, 1.807) is 9.36 Å². The van der Waals surface area contributed by atoms with Gasteiger partial charge in [-0.05, 0) is 41.5 Å². The first-order valence-electron chi connectivity index (χ1n) is 7.75. The third kappa shape index (κ3) is 7.28. The number of imidazole rings is 1. The highest BCUT2D eigenvalue weighted by atomic mass is 15.3. The van der Waals surface area contributed by atoms with Crippen LogP contribution in [-0.4, -0.2) is 39.1 Å². The van der Waals surface area contributed by atoms with Gasteiger partial charge in [0.15, 0.2) is 0 Å². The van der Waals surface area contributed by atoms with Gasteiger partial charge in [-0.2, -0.15) is 10.2 Å². The minimum Gasteiger partial charge on any atom is -0.338 e. The molecular formula is C17H32N8. The second-order valence-electron chi connectivity index (χ2n) is 5.70. The van der Waals surface area contributed by atoms with Crippen LogP contribution in [0.1, 0.15) is 42.2 Å². The second-order valence-corrected chi connectivity index (χ2v) is 5.70. The highest BCUT2D eigenvalue weighted by Gasteiger charge is 1.94. The van der Waals surface area contributed by atoms with E-state index in [2.05, 4.69) is 25.1 Å². The van der Waals surface area contributed by atoms with Gasteiger partial charge < -0.3 is 4.57 Å². The van der Waals surface area contributed by atoms with E-state index in [1.165, 1.54) is 0 Å². The van der Waals surface area contributed by atoms with E-state index in [0.717, 1.165) is 34.8 Å². The van der Waals surface area contributed by atoms with Crippen LogP contribution in [0.25, 0.3) is 0 Å². The first kappa shape index (κ1) is 22.5. The molecule has 0 bridgehead atoms. The van der Waals surface area contributed by atoms with Crippen LogP contribution in [0.15, 0.2) is 6.20 Å². The molecule has 0 unspecified atom stereocenters. The molecule has 0 aliphatic carbocycles. The van der Waals surface area contributed by atoms with Gasteiger partial charge in [-0.3, -0.25) is 9.36 Å². The molecule has 8 nitrogen and oxygen atoms in total. The van der Waals surface area contributed by atoms with Gasteiger partial charge in [0.05, 0.1) is 5.69 Å². The van der Waals surface area contributed by atoms with E-state index in [9.17, 15) is 0 Å². The highest BCUT2D eigenvalue weighted by Crippen LogP contribution is 1.95. The molecule has 0 saturated carbocycles. The smallest absolute Gasteiger partial charge is 0.147 e. The Balaban J connectivity index is 0.000000339. The molecule has 0 saturated heterocycles. The summed E-state index contributed by atoms with van der Waals surface area (Å²) in [5.41, 5.74) is 1.09. The van der Waals surface area contributed by atoms with Crippen LogP contribution < -0.4 is 0 Å². The lowest BCUT2D eigenvalue weighted by molar-refractivity contribution is 0.728. The van der Waals surface area contributed by atoms with Crippen LogP contribution in [0.4, 0.5) is 0 Å². The maximum absolute atomic E-state index is 4.17. The minimum absolute atomic E-state index is 0. The molecule has 0 aromatic carbocycles. The lowest BCUT2D eigenvalue weighted by atomic mass is 10.6. The molecule has 3 aromatic rings. The summed E-state index contributed by atoms with van der Waals surface area (Å²) in [5, 5.41) is 8.03. The predicted molar refractivity (Wildman–Crippen MR) is 100 cm³/mol. The number of aromatic nitrogens is 8. The monoisotopic (exact) mass is 348 g/mol. The van der Waals surface area contributed by atoms with Crippen molar-refractivity contribution in [2.45, 2.75) is 49.0 Å². The van der Waals surface area contributed by atoms with Crippen LogP contribution in [0.2, 0.25) is 0 Å². The molecule has 0 aliphatic heterocycles. The van der Waals surface area contributed by atoms with Crippen molar-refractivity contribution in [3.8, 4) is 0 Å². The molecule has 3 aromatic heterocycles. The zero-order chi connectivity index (χ0) is 18.4. The Bertz CT molecular complexity index is 615. The fourth-order valence-corrected chi connectivity index (χ4v) is 1.97. The van der Waals surface area contributed by atoms with Crippen molar-refractivity contribution < 1.29 is 0 Å². The Morgan fingerprint density at radius 3 is 1.12 bits per heavy atom. The second kappa shape index (κ2) is 9.71. The zero-order valence-corrected chi connectivity index (χ0v) is 16.2. The SMILES string of the molecule is C.Cc1cn(C)c(C)n1.Cc1nc(C)n(C)n1.Cc1nc(C)n(C)n1. The highest BCUT2D eigenvalue weighted by molar-refractivity contribution is 4.98. The molecule has 8 heteroatoms. The van der Waals surface area contributed by atoms with Crippen molar-refractivity contribution in [2.24, 2.45) is 21.1 Å². The molecule has 140 valence electrons. The van der Waals surface area contributed by atoms with Gasteiger partial charge in [0.25, 0.3) is 0 Å². The number of rotatable bonds is 0. The molecule has 0 atom stereocenters. The first-order valence-corrected chi connectivity index (χ1v) is 7.75. The first-order chi connectivity index (χ1) is 11.1. The van der Waals surface area contributed by atoms with Crippen LogP contribution in [0.3, 0.4) is 0 Å². The minimum atomic E-state index is 0. The maximum atomic E-state index is 4.17. The van der Waals surface area contributed by atoms with E-state index in [4.69, 9.17) is 0 Å². The molecule has 0 N–H and O–H groups in total. The Labute approximate surface area is 151 Å². The molecule has 25 heavy (non-hydrogen) atoms. The molecule has 0 fully saturated rings. The lowest BCUT2D eigenvalue weighted by Crippen LogP contribution is -1.92. The van der Waals surface area contributed by atoms with Gasteiger partial charge in [0.1, 0.15) is 29.1 Å². The van der Waals surface area contributed by atoms with Gasteiger partial charge in [-0.15, -0.1) is 0 Å². The summed E-state index contributed by atoms with van der Waals surface area (Å²) < 4.78 is 5.53. The third-order valence-corrected chi connectivity index (χ3v) is 3.40. The Morgan fingerprint density at radius 1 is 0.640 bits per heavy atom. The summed E-state index contributed by atoms with van der Waals surface area (Å²) in [6, 6.07) is 0. The van der Waals surface area contributed by atoms with Crippen LogP contribution in [0, 0.1) is 41.5 Å². The Morgan fingerprint density at radius 2 is 1.04 bits per heavy atom. The van der Waals surface area contributed by atoms with Gasteiger partial charge in [-0.1, -0.05) is 7.43 Å². The molecular weight excluding hydrogens is 316 g/mol. The maximum Gasteiger partial charge on any atom is 0.147 e. The molecule has 0 aliphatic rings. The van der Waals surface area contributed by atoms with Gasteiger partial charge in [-0.25, -0.2) is 15.0 Å². The van der Waals surface area contributed by atoms with Gasteiger partial charge in [0.2, 0.25) is 0 Å². The van der Waals surface area contributed by atoms with Crippen molar-refractivity contribution >= 4 is 0 Å². The van der Waals surface area contributed by atoms with Crippen LogP contribution in [0.5, 0.6) is 0 Å². The topological polar surface area (TPSA) is 79.2 Å². The van der Waals surface area contributed by atoms with Crippen molar-refractivity contribution in [1.29, 1.82) is 0 Å². The third-order valence-electron chi connectivity index (χ3n) is 3.40. The molecule has 3 rings (SSSR count). The van der Waals surface area contributed by atoms with Gasteiger partial charge in [0, 0.05) is 27.3 Å². The fraction of sp³-hybridized carbons (Fsp3) is 0.588. The van der Waals surface area contributed by atoms with Crippen LogP contribution in [-0.2, 0) is 21.1 Å². The van der Waals surface area contributed by atoms with E-state index in [-0.39, 0.29) is 7.43 Å². The number of nitrogens with zero attached hydrogens (tertiary/aromatic N) is 8. The van der Waals surface area contributed by atoms with E-state index >= 15 is 0 Å². The summed E-state index contributed by atoms with van der Waals surface area (Å²) in [6.07, 6.45) is 2.01. The average molecular weight is 348 g/mol. The van der Waals surface area contributed by atoms with Crippen molar-refractivity contribution in [2.75, 3.05) is 0 Å². The fourth-order valence-electron chi connectivity index (χ4n) is 1.97. The molecule has 3 heterocycles. The largest absolute Gasteiger partial charge is 0.338 e. The lowest BCUT2D eigenvalue weighted by Gasteiger charge is -1.87.